The fraction of sp³-hybridized carbons (Fsp3) is 0.423. The average Bonchev–Trinajstić information content (AvgIpc) is 2.80. The summed E-state index contributed by atoms with van der Waals surface area (Å²) in [6, 6.07) is 11.0. The lowest BCUT2D eigenvalue weighted by Gasteiger charge is -2.43. The van der Waals surface area contributed by atoms with E-state index in [9.17, 15) is 24.6 Å². The van der Waals surface area contributed by atoms with Gasteiger partial charge in [-0.25, -0.2) is 9.59 Å². The van der Waals surface area contributed by atoms with Crippen LogP contribution in [0.1, 0.15) is 31.9 Å². The molecule has 0 radical (unpaired) electrons. The van der Waals surface area contributed by atoms with Gasteiger partial charge in [-0.1, -0.05) is 24.3 Å². The van der Waals surface area contributed by atoms with Crippen LogP contribution in [0, 0.1) is 0 Å². The molecule has 0 unspecified atom stereocenters. The highest BCUT2D eigenvalue weighted by molar-refractivity contribution is 5.91. The highest BCUT2D eigenvalue weighted by Crippen LogP contribution is 2.24. The van der Waals surface area contributed by atoms with E-state index in [1.54, 1.807) is 45.0 Å². The van der Waals surface area contributed by atoms with Crippen LogP contribution in [-0.2, 0) is 31.9 Å². The Bertz CT molecular complexity index is 1040. The fourth-order valence-corrected chi connectivity index (χ4v) is 4.02. The van der Waals surface area contributed by atoms with Crippen LogP contribution in [0.15, 0.2) is 48.5 Å². The molecule has 1 heterocycles. The molecule has 0 aromatic heterocycles. The van der Waals surface area contributed by atoms with Crippen molar-refractivity contribution in [3.63, 3.8) is 0 Å². The smallest absolute Gasteiger partial charge is 0.411 e. The van der Waals surface area contributed by atoms with Gasteiger partial charge in [-0.15, -0.1) is 0 Å². The van der Waals surface area contributed by atoms with Gasteiger partial charge >= 0.3 is 12.1 Å². The topological polar surface area (TPSA) is 117 Å². The minimum absolute atomic E-state index is 0.0917. The van der Waals surface area contributed by atoms with Crippen molar-refractivity contribution in [2.45, 2.75) is 51.3 Å². The first-order chi connectivity index (χ1) is 16.5. The summed E-state index contributed by atoms with van der Waals surface area (Å²) in [7, 11) is 1.27. The van der Waals surface area contributed by atoms with Gasteiger partial charge in [0.1, 0.15) is 29.2 Å². The average molecular weight is 485 g/mol. The first kappa shape index (κ1) is 25.9. The third-order valence-corrected chi connectivity index (χ3v) is 5.73. The lowest BCUT2D eigenvalue weighted by molar-refractivity contribution is -0.157. The number of amides is 2. The zero-order valence-electron chi connectivity index (χ0n) is 20.4. The number of carbonyl (C=O) groups excluding carboxylic acids is 3. The largest absolute Gasteiger partial charge is 0.508 e. The Morgan fingerprint density at radius 3 is 2.03 bits per heavy atom. The van der Waals surface area contributed by atoms with Gasteiger partial charge in [0.25, 0.3) is 0 Å². The van der Waals surface area contributed by atoms with Gasteiger partial charge < -0.3 is 24.6 Å². The van der Waals surface area contributed by atoms with Crippen molar-refractivity contribution < 1.29 is 34.1 Å². The van der Waals surface area contributed by atoms with Gasteiger partial charge in [-0.05, 0) is 56.2 Å². The van der Waals surface area contributed by atoms with E-state index in [1.165, 1.54) is 41.2 Å². The van der Waals surface area contributed by atoms with Crippen LogP contribution in [0.5, 0.6) is 11.5 Å². The van der Waals surface area contributed by atoms with E-state index in [0.29, 0.717) is 0 Å². The van der Waals surface area contributed by atoms with Gasteiger partial charge in [0.15, 0.2) is 0 Å². The molecule has 0 saturated carbocycles. The molecule has 2 aromatic carbocycles. The van der Waals surface area contributed by atoms with E-state index in [2.05, 4.69) is 0 Å². The lowest BCUT2D eigenvalue weighted by atomic mass is 9.98. The third kappa shape index (κ3) is 6.65. The Balaban J connectivity index is 1.91. The van der Waals surface area contributed by atoms with Crippen molar-refractivity contribution in [2.24, 2.45) is 0 Å². The lowest BCUT2D eigenvalue weighted by Crippen LogP contribution is -2.63. The SMILES string of the molecule is COC(=O)[C@H](Cc1ccc(O)cc1)N1CCN(C(=O)OC(C)(C)C)[C@@H](Cc2ccc(O)cc2)C1=O. The maximum absolute atomic E-state index is 13.8. The van der Waals surface area contributed by atoms with Crippen LogP contribution in [0.4, 0.5) is 4.79 Å². The Hall–Kier alpha value is -3.75. The predicted octanol–water partition coefficient (Wildman–Crippen LogP) is 2.87. The summed E-state index contributed by atoms with van der Waals surface area (Å²) < 4.78 is 10.5. The van der Waals surface area contributed by atoms with Crippen molar-refractivity contribution in [2.75, 3.05) is 20.2 Å². The van der Waals surface area contributed by atoms with Crippen molar-refractivity contribution in [1.29, 1.82) is 0 Å². The zero-order valence-corrected chi connectivity index (χ0v) is 20.4. The highest BCUT2D eigenvalue weighted by atomic mass is 16.6. The van der Waals surface area contributed by atoms with Gasteiger partial charge in [-0.2, -0.15) is 0 Å². The van der Waals surface area contributed by atoms with Crippen LogP contribution >= 0.6 is 0 Å². The Kier molecular flexibility index (Phi) is 7.89. The first-order valence-electron chi connectivity index (χ1n) is 11.4. The summed E-state index contributed by atoms with van der Waals surface area (Å²) in [4.78, 5) is 42.3. The molecule has 1 aliphatic rings. The second kappa shape index (κ2) is 10.7. The Morgan fingerprint density at radius 2 is 1.51 bits per heavy atom. The zero-order chi connectivity index (χ0) is 25.8. The number of hydrogen-bond donors (Lipinski definition) is 2. The normalized spacial score (nSPS) is 17.1. The summed E-state index contributed by atoms with van der Waals surface area (Å²) in [5.41, 5.74) is 0.744. The summed E-state index contributed by atoms with van der Waals surface area (Å²) in [5.74, 6) is -0.779. The minimum Gasteiger partial charge on any atom is -0.508 e. The van der Waals surface area contributed by atoms with Crippen LogP contribution in [0.25, 0.3) is 0 Å². The molecule has 2 N–H and O–H groups in total. The molecule has 1 aliphatic heterocycles. The third-order valence-electron chi connectivity index (χ3n) is 5.73. The Labute approximate surface area is 204 Å². The van der Waals surface area contributed by atoms with E-state index in [-0.39, 0.29) is 37.4 Å². The van der Waals surface area contributed by atoms with Crippen LogP contribution in [-0.4, -0.2) is 75.9 Å². The second-order valence-electron chi connectivity index (χ2n) is 9.50. The maximum Gasteiger partial charge on any atom is 0.411 e. The van der Waals surface area contributed by atoms with Crippen molar-refractivity contribution in [3.8, 4) is 11.5 Å². The van der Waals surface area contributed by atoms with Crippen LogP contribution in [0.2, 0.25) is 0 Å². The van der Waals surface area contributed by atoms with E-state index >= 15 is 0 Å². The van der Waals surface area contributed by atoms with Crippen molar-refractivity contribution in [3.05, 3.63) is 59.7 Å². The highest BCUT2D eigenvalue weighted by Gasteiger charge is 2.43. The molecule has 1 saturated heterocycles. The molecule has 2 amide bonds. The number of esters is 1. The molecule has 2 aromatic rings. The first-order valence-corrected chi connectivity index (χ1v) is 11.4. The summed E-state index contributed by atoms with van der Waals surface area (Å²) in [5, 5.41) is 19.2. The molecule has 1 fully saturated rings. The quantitative estimate of drug-likeness (QED) is 0.606. The summed E-state index contributed by atoms with van der Waals surface area (Å²) in [6.07, 6.45) is -0.235. The summed E-state index contributed by atoms with van der Waals surface area (Å²) in [6.45, 7) is 5.56. The van der Waals surface area contributed by atoms with E-state index in [1.807, 2.05) is 0 Å². The molecular weight excluding hydrogens is 452 g/mol. The molecule has 0 spiro atoms. The number of nitrogens with zero attached hydrogens (tertiary/aromatic N) is 2. The number of phenolic OH excluding ortho intramolecular Hbond substituents is 2. The molecule has 2 atom stereocenters. The number of methoxy groups -OCH3 is 1. The molecule has 188 valence electrons. The van der Waals surface area contributed by atoms with E-state index in [0.717, 1.165) is 11.1 Å². The van der Waals surface area contributed by atoms with Gasteiger partial charge in [0, 0.05) is 25.9 Å². The van der Waals surface area contributed by atoms with Crippen molar-refractivity contribution in [1.82, 2.24) is 9.80 Å². The number of benzene rings is 2. The Morgan fingerprint density at radius 1 is 0.971 bits per heavy atom. The maximum atomic E-state index is 13.8. The van der Waals surface area contributed by atoms with Gasteiger partial charge in [0.2, 0.25) is 5.91 Å². The van der Waals surface area contributed by atoms with Gasteiger partial charge in [0.05, 0.1) is 7.11 Å². The van der Waals surface area contributed by atoms with Crippen molar-refractivity contribution >= 4 is 18.0 Å². The summed E-state index contributed by atoms with van der Waals surface area (Å²) >= 11 is 0. The van der Waals surface area contributed by atoms with E-state index in [4.69, 9.17) is 9.47 Å². The number of phenols is 2. The van der Waals surface area contributed by atoms with E-state index < -0.39 is 35.7 Å². The second-order valence-corrected chi connectivity index (χ2v) is 9.50. The minimum atomic E-state index is -0.907. The molecule has 3 rings (SSSR count). The molecule has 9 heteroatoms. The molecule has 35 heavy (non-hydrogen) atoms. The molecule has 9 nitrogen and oxygen atoms in total. The molecule has 0 bridgehead atoms. The standard InChI is InChI=1S/C26H32N2O7/c1-26(2,3)35-25(33)28-14-13-27(23(31)21(28)15-17-5-9-19(29)10-6-17)22(24(32)34-4)16-18-7-11-20(30)12-8-18/h5-12,21-22,29-30H,13-16H2,1-4H3/t21-,22-/m0/s1. The van der Waals surface area contributed by atoms with Crippen LogP contribution < -0.4 is 0 Å². The predicted molar refractivity (Wildman–Crippen MR) is 128 cm³/mol. The number of carbonyl (C=O) groups is 3. The molecular formula is C26H32N2O7. The number of ether oxygens (including phenoxy) is 2. The number of aromatic hydroxyl groups is 2. The van der Waals surface area contributed by atoms with Crippen LogP contribution in [0.3, 0.4) is 0 Å². The molecule has 0 aliphatic carbocycles. The number of piperazine rings is 1. The van der Waals surface area contributed by atoms with Gasteiger partial charge in [-0.3, -0.25) is 9.69 Å². The monoisotopic (exact) mass is 484 g/mol. The number of hydrogen-bond acceptors (Lipinski definition) is 7. The fourth-order valence-electron chi connectivity index (χ4n) is 4.02. The number of rotatable bonds is 6.